The summed E-state index contributed by atoms with van der Waals surface area (Å²) in [5.74, 6) is -2.61. The molecule has 0 fully saturated rings. The number of carbonyl (C=O) groups is 2. The highest BCUT2D eigenvalue weighted by atomic mass is 17.0. The molecule has 1 aromatic rings. The Morgan fingerprint density at radius 1 is 1.47 bits per heavy atom. The van der Waals surface area contributed by atoms with Crippen LogP contribution in [0.4, 0.5) is 0 Å². The number of aryl methyl sites for hydroxylation is 1. The van der Waals surface area contributed by atoms with Crippen LogP contribution in [0.15, 0.2) is 18.2 Å². The molecule has 0 aliphatic carbocycles. The van der Waals surface area contributed by atoms with E-state index in [9.17, 15) is 19.7 Å². The summed E-state index contributed by atoms with van der Waals surface area (Å²) in [5.41, 5.74) is -0.175. The number of rotatable bonds is 4. The molecule has 0 heterocycles. The standard InChI is InChI=1S/C10H9NO6/c1-2-6-4-3-5-7(8(6)9(12)13)10(14)17-11(15)16/h3-5H,2H2,1H3,(H,12,13). The average Bonchev–Trinajstić information content (AvgIpc) is 2.26. The Kier molecular flexibility index (Phi) is 3.76. The summed E-state index contributed by atoms with van der Waals surface area (Å²) >= 11 is 0. The fraction of sp³-hybridized carbons (Fsp3) is 0.200. The van der Waals surface area contributed by atoms with E-state index in [0.717, 1.165) is 0 Å². The molecule has 0 bridgehead atoms. The predicted molar refractivity (Wildman–Crippen MR) is 55.2 cm³/mol. The van der Waals surface area contributed by atoms with Gasteiger partial charge in [-0.05, 0) is 18.1 Å². The van der Waals surface area contributed by atoms with Crippen molar-refractivity contribution in [1.29, 1.82) is 0 Å². The van der Waals surface area contributed by atoms with Crippen LogP contribution in [0.2, 0.25) is 0 Å². The molecule has 90 valence electrons. The van der Waals surface area contributed by atoms with Gasteiger partial charge < -0.3 is 5.11 Å². The van der Waals surface area contributed by atoms with E-state index in [1.165, 1.54) is 18.2 Å². The first-order valence-corrected chi connectivity index (χ1v) is 4.69. The average molecular weight is 239 g/mol. The lowest BCUT2D eigenvalue weighted by Crippen LogP contribution is -2.16. The summed E-state index contributed by atoms with van der Waals surface area (Å²) in [4.78, 5) is 36.1. The van der Waals surface area contributed by atoms with Crippen LogP contribution < -0.4 is 0 Å². The molecule has 0 aliphatic heterocycles. The molecule has 1 aromatic carbocycles. The van der Waals surface area contributed by atoms with Gasteiger partial charge >= 0.3 is 17.0 Å². The zero-order valence-electron chi connectivity index (χ0n) is 8.87. The molecular weight excluding hydrogens is 230 g/mol. The molecule has 0 spiro atoms. The molecule has 0 atom stereocenters. The van der Waals surface area contributed by atoms with Crippen molar-refractivity contribution in [3.05, 3.63) is 45.0 Å². The molecule has 0 saturated carbocycles. The minimum absolute atomic E-state index is 0.262. The molecule has 17 heavy (non-hydrogen) atoms. The molecular formula is C10H9NO6. The Morgan fingerprint density at radius 2 is 2.12 bits per heavy atom. The third kappa shape index (κ3) is 2.77. The van der Waals surface area contributed by atoms with Gasteiger partial charge in [-0.3, -0.25) is 4.79 Å². The van der Waals surface area contributed by atoms with Gasteiger partial charge in [-0.15, -0.1) is 10.1 Å². The smallest absolute Gasteiger partial charge is 0.336 e. The lowest BCUT2D eigenvalue weighted by atomic mass is 9.99. The molecule has 0 saturated heterocycles. The highest BCUT2D eigenvalue weighted by Crippen LogP contribution is 2.17. The van der Waals surface area contributed by atoms with Gasteiger partial charge in [-0.2, -0.15) is 0 Å². The fourth-order valence-corrected chi connectivity index (χ4v) is 1.43. The molecule has 0 aliphatic rings. The van der Waals surface area contributed by atoms with Crippen molar-refractivity contribution in [2.24, 2.45) is 0 Å². The number of hydrogen-bond acceptors (Lipinski definition) is 5. The van der Waals surface area contributed by atoms with Crippen molar-refractivity contribution >= 4 is 11.9 Å². The van der Waals surface area contributed by atoms with Gasteiger partial charge in [0.25, 0.3) is 0 Å². The summed E-state index contributed by atoms with van der Waals surface area (Å²) in [6.45, 7) is 1.71. The highest BCUT2D eigenvalue weighted by Gasteiger charge is 2.21. The summed E-state index contributed by atoms with van der Waals surface area (Å²) in [5, 5.41) is 17.7. The van der Waals surface area contributed by atoms with Crippen LogP contribution >= 0.6 is 0 Å². The molecule has 1 N–H and O–H groups in total. The van der Waals surface area contributed by atoms with Gasteiger partial charge in [0.15, 0.2) is 0 Å². The van der Waals surface area contributed by atoms with Crippen LogP contribution in [0.3, 0.4) is 0 Å². The van der Waals surface area contributed by atoms with Gasteiger partial charge in [-0.25, -0.2) is 9.63 Å². The molecule has 7 nitrogen and oxygen atoms in total. The maximum absolute atomic E-state index is 11.3. The number of carbonyl (C=O) groups excluding carboxylic acids is 1. The Hall–Kier alpha value is -2.44. The van der Waals surface area contributed by atoms with Gasteiger partial charge in [0.1, 0.15) is 0 Å². The van der Waals surface area contributed by atoms with Crippen molar-refractivity contribution in [1.82, 2.24) is 0 Å². The fourth-order valence-electron chi connectivity index (χ4n) is 1.43. The zero-order chi connectivity index (χ0) is 13.0. The van der Waals surface area contributed by atoms with E-state index < -0.39 is 17.0 Å². The van der Waals surface area contributed by atoms with Crippen molar-refractivity contribution in [3.63, 3.8) is 0 Å². The van der Waals surface area contributed by atoms with Gasteiger partial charge in [-0.1, -0.05) is 19.1 Å². The first-order valence-electron chi connectivity index (χ1n) is 4.69. The minimum Gasteiger partial charge on any atom is -0.478 e. The van der Waals surface area contributed by atoms with E-state index in [0.29, 0.717) is 12.0 Å². The van der Waals surface area contributed by atoms with Gasteiger partial charge in [0, 0.05) is 0 Å². The highest BCUT2D eigenvalue weighted by molar-refractivity contribution is 6.03. The van der Waals surface area contributed by atoms with E-state index in [4.69, 9.17) is 5.11 Å². The van der Waals surface area contributed by atoms with Crippen LogP contribution in [0, 0.1) is 10.1 Å². The Labute approximate surface area is 95.7 Å². The van der Waals surface area contributed by atoms with Crippen LogP contribution in [-0.2, 0) is 11.3 Å². The second-order valence-corrected chi connectivity index (χ2v) is 3.10. The zero-order valence-corrected chi connectivity index (χ0v) is 8.87. The number of carboxylic acid groups (broad SMARTS) is 1. The quantitative estimate of drug-likeness (QED) is 0.626. The maximum atomic E-state index is 11.3. The molecule has 0 radical (unpaired) electrons. The molecule has 7 heteroatoms. The molecule has 0 amide bonds. The monoisotopic (exact) mass is 239 g/mol. The van der Waals surface area contributed by atoms with Crippen molar-refractivity contribution in [3.8, 4) is 0 Å². The van der Waals surface area contributed by atoms with E-state index in [-0.39, 0.29) is 11.1 Å². The Balaban J connectivity index is 3.28. The largest absolute Gasteiger partial charge is 0.478 e. The van der Waals surface area contributed by atoms with Crippen LogP contribution in [-0.4, -0.2) is 22.1 Å². The molecule has 0 unspecified atom stereocenters. The lowest BCUT2D eigenvalue weighted by Gasteiger charge is -2.07. The third-order valence-electron chi connectivity index (χ3n) is 2.12. The topological polar surface area (TPSA) is 107 Å². The van der Waals surface area contributed by atoms with Crippen LogP contribution in [0.25, 0.3) is 0 Å². The Morgan fingerprint density at radius 3 is 2.59 bits per heavy atom. The van der Waals surface area contributed by atoms with Gasteiger partial charge in [0.05, 0.1) is 11.1 Å². The van der Waals surface area contributed by atoms with Gasteiger partial charge in [0.2, 0.25) is 0 Å². The summed E-state index contributed by atoms with van der Waals surface area (Å²) in [6.07, 6.45) is 0.390. The lowest BCUT2D eigenvalue weighted by molar-refractivity contribution is -0.727. The van der Waals surface area contributed by atoms with E-state index >= 15 is 0 Å². The number of benzene rings is 1. The predicted octanol–water partition coefficient (Wildman–Crippen LogP) is 1.30. The third-order valence-corrected chi connectivity index (χ3v) is 2.12. The second kappa shape index (κ2) is 5.06. The number of aromatic carboxylic acids is 1. The molecule has 1 rings (SSSR count). The second-order valence-electron chi connectivity index (χ2n) is 3.10. The number of carboxylic acids is 1. The first-order chi connectivity index (χ1) is 7.97. The molecule has 0 aromatic heterocycles. The van der Waals surface area contributed by atoms with E-state index in [1.807, 2.05) is 0 Å². The summed E-state index contributed by atoms with van der Waals surface area (Å²) < 4.78 is 0. The SMILES string of the molecule is CCc1cccc(C(=O)O[N+](=O)[O-])c1C(=O)O. The van der Waals surface area contributed by atoms with Crippen molar-refractivity contribution in [2.45, 2.75) is 13.3 Å². The van der Waals surface area contributed by atoms with Crippen LogP contribution in [0.1, 0.15) is 33.2 Å². The Bertz CT molecular complexity index is 482. The van der Waals surface area contributed by atoms with E-state index in [2.05, 4.69) is 4.84 Å². The maximum Gasteiger partial charge on any atom is 0.336 e. The normalized spacial score (nSPS) is 9.71. The van der Waals surface area contributed by atoms with Crippen molar-refractivity contribution < 1.29 is 24.6 Å². The van der Waals surface area contributed by atoms with Crippen molar-refractivity contribution in [2.75, 3.05) is 0 Å². The summed E-state index contributed by atoms with van der Waals surface area (Å²) in [7, 11) is 0. The minimum atomic E-state index is -1.32. The van der Waals surface area contributed by atoms with Crippen LogP contribution in [0.5, 0.6) is 0 Å². The first kappa shape index (κ1) is 12.6. The number of nitrogens with zero attached hydrogens (tertiary/aromatic N) is 1. The number of hydrogen-bond donors (Lipinski definition) is 1. The summed E-state index contributed by atoms with van der Waals surface area (Å²) in [6, 6.07) is 4.16. The van der Waals surface area contributed by atoms with E-state index in [1.54, 1.807) is 6.92 Å².